The molecule has 1 aromatic carbocycles. The van der Waals surface area contributed by atoms with Crippen molar-refractivity contribution in [2.75, 3.05) is 20.0 Å². The molecule has 3 rings (SSSR count). The van der Waals surface area contributed by atoms with E-state index >= 15 is 0 Å². The lowest BCUT2D eigenvalue weighted by Crippen LogP contribution is -2.20. The second-order valence-electron chi connectivity index (χ2n) is 5.79. The van der Waals surface area contributed by atoms with Crippen LogP contribution in [0.15, 0.2) is 24.4 Å². The summed E-state index contributed by atoms with van der Waals surface area (Å²) in [7, 11) is 0. The van der Waals surface area contributed by atoms with Gasteiger partial charge in [0.15, 0.2) is 0 Å². The number of primary amides is 1. The topological polar surface area (TPSA) is 92.9 Å². The van der Waals surface area contributed by atoms with Gasteiger partial charge in [-0.1, -0.05) is 0 Å². The Morgan fingerprint density at radius 1 is 1.42 bits per heavy atom. The van der Waals surface area contributed by atoms with Crippen molar-refractivity contribution in [3.8, 4) is 11.5 Å². The summed E-state index contributed by atoms with van der Waals surface area (Å²) in [6, 6.07) is 5.13. The molecule has 0 saturated carbocycles. The third-order valence-corrected chi connectivity index (χ3v) is 3.55. The van der Waals surface area contributed by atoms with Crippen molar-refractivity contribution in [1.29, 1.82) is 0 Å². The second kappa shape index (κ2) is 7.02. The Morgan fingerprint density at radius 3 is 2.92 bits per heavy atom. The van der Waals surface area contributed by atoms with E-state index in [0.29, 0.717) is 42.6 Å². The average Bonchev–Trinajstić information content (AvgIpc) is 3.05. The molecule has 0 spiro atoms. The molecule has 0 bridgehead atoms. The molecule has 7 nitrogen and oxygen atoms in total. The van der Waals surface area contributed by atoms with E-state index in [1.807, 2.05) is 13.8 Å². The predicted molar refractivity (Wildman–Crippen MR) is 87.2 cm³/mol. The smallest absolute Gasteiger partial charge is 0.252 e. The van der Waals surface area contributed by atoms with Gasteiger partial charge in [-0.2, -0.15) is 0 Å². The molecule has 1 aliphatic rings. The Labute approximate surface area is 139 Å². The molecule has 2 heterocycles. The number of benzene rings is 1. The molecule has 1 atom stereocenters. The van der Waals surface area contributed by atoms with E-state index in [-0.39, 0.29) is 12.2 Å². The molecule has 0 unspecified atom stereocenters. The van der Waals surface area contributed by atoms with E-state index in [9.17, 15) is 4.79 Å². The molecule has 1 amide bonds. The van der Waals surface area contributed by atoms with Crippen molar-refractivity contribution in [2.24, 2.45) is 5.73 Å². The van der Waals surface area contributed by atoms with Gasteiger partial charge in [0.2, 0.25) is 0 Å². The van der Waals surface area contributed by atoms with Crippen LogP contribution in [0.5, 0.6) is 11.5 Å². The molecular weight excluding hydrogens is 312 g/mol. The number of carbonyl (C=O) groups excluding carboxylic acids is 1. The maximum absolute atomic E-state index is 11.7. The van der Waals surface area contributed by atoms with Crippen molar-refractivity contribution in [3.63, 3.8) is 0 Å². The molecule has 0 radical (unpaired) electrons. The number of nitrogens with zero attached hydrogens (tertiary/aromatic N) is 1. The third-order valence-electron chi connectivity index (χ3n) is 3.55. The summed E-state index contributed by atoms with van der Waals surface area (Å²) in [6.45, 7) is 4.94. The first-order valence-corrected chi connectivity index (χ1v) is 7.76. The van der Waals surface area contributed by atoms with E-state index in [1.54, 1.807) is 24.4 Å². The fourth-order valence-corrected chi connectivity index (χ4v) is 2.47. The van der Waals surface area contributed by atoms with Gasteiger partial charge >= 0.3 is 0 Å². The van der Waals surface area contributed by atoms with Crippen LogP contribution in [0.3, 0.4) is 0 Å². The molecule has 7 heteroatoms. The zero-order valence-electron chi connectivity index (χ0n) is 13.7. The summed E-state index contributed by atoms with van der Waals surface area (Å²) in [5.41, 5.74) is 6.36. The Kier molecular flexibility index (Phi) is 4.82. The second-order valence-corrected chi connectivity index (χ2v) is 5.79. The number of hydrogen-bond donors (Lipinski definition) is 1. The molecule has 1 fully saturated rings. The van der Waals surface area contributed by atoms with E-state index in [4.69, 9.17) is 24.7 Å². The van der Waals surface area contributed by atoms with Gasteiger partial charge in [-0.25, -0.2) is 0 Å². The van der Waals surface area contributed by atoms with Crippen LogP contribution in [0, 0.1) is 0 Å². The summed E-state index contributed by atoms with van der Waals surface area (Å²) in [6.07, 6.45) is 1.44. The fourth-order valence-electron chi connectivity index (χ4n) is 2.47. The van der Waals surface area contributed by atoms with Crippen molar-refractivity contribution < 1.29 is 23.7 Å². The van der Waals surface area contributed by atoms with E-state index in [1.165, 1.54) is 0 Å². The number of carbonyl (C=O) groups is 1. The molecular formula is C17H20N2O5. The Balaban J connectivity index is 1.95. The highest BCUT2D eigenvalue weighted by molar-refractivity contribution is 6.01. The number of hydrogen-bond acceptors (Lipinski definition) is 6. The van der Waals surface area contributed by atoms with Crippen molar-refractivity contribution in [3.05, 3.63) is 30.0 Å². The molecule has 1 aromatic heterocycles. The van der Waals surface area contributed by atoms with Crippen LogP contribution >= 0.6 is 0 Å². The van der Waals surface area contributed by atoms with Crippen molar-refractivity contribution in [2.45, 2.75) is 26.1 Å². The minimum atomic E-state index is -0.558. The molecule has 2 N–H and O–H groups in total. The molecule has 1 aliphatic heterocycles. The number of rotatable bonds is 6. The van der Waals surface area contributed by atoms with Crippen LogP contribution in [0.1, 0.15) is 24.2 Å². The Bertz CT molecular complexity index is 741. The standard InChI is InChI=1S/C17H20N2O5/c1-10(2)24-16-6-12-14(5-13(16)17(18)20)19-4-3-15(12)22-8-11-7-21-9-23-11/h3-6,10-11H,7-9H2,1-2H3,(H2,18,20)/t11-/m0/s1. The minimum absolute atomic E-state index is 0.0920. The highest BCUT2D eigenvalue weighted by atomic mass is 16.7. The zero-order valence-corrected chi connectivity index (χ0v) is 13.7. The first-order valence-electron chi connectivity index (χ1n) is 7.76. The molecule has 128 valence electrons. The van der Waals surface area contributed by atoms with Gasteiger partial charge in [0.05, 0.1) is 23.8 Å². The van der Waals surface area contributed by atoms with Crippen LogP contribution in [0.2, 0.25) is 0 Å². The van der Waals surface area contributed by atoms with Crippen LogP contribution < -0.4 is 15.2 Å². The Morgan fingerprint density at radius 2 is 2.25 bits per heavy atom. The highest BCUT2D eigenvalue weighted by Gasteiger charge is 2.19. The Hall–Kier alpha value is -2.38. The third kappa shape index (κ3) is 3.58. The van der Waals surface area contributed by atoms with Crippen LogP contribution in [0.4, 0.5) is 0 Å². The van der Waals surface area contributed by atoms with Gasteiger partial charge in [0, 0.05) is 11.6 Å². The molecule has 1 saturated heterocycles. The molecule has 24 heavy (non-hydrogen) atoms. The number of fused-ring (bicyclic) bond motifs is 1. The summed E-state index contributed by atoms with van der Waals surface area (Å²) < 4.78 is 22.1. The minimum Gasteiger partial charge on any atom is -0.490 e. The number of nitrogens with two attached hydrogens (primary N) is 1. The number of pyridine rings is 1. The van der Waals surface area contributed by atoms with Gasteiger partial charge in [-0.05, 0) is 32.0 Å². The summed E-state index contributed by atoms with van der Waals surface area (Å²) in [4.78, 5) is 16.0. The summed E-state index contributed by atoms with van der Waals surface area (Å²) in [5.74, 6) is 0.501. The molecule has 2 aromatic rings. The normalized spacial score (nSPS) is 17.4. The molecule has 0 aliphatic carbocycles. The van der Waals surface area contributed by atoms with E-state index in [0.717, 1.165) is 5.39 Å². The van der Waals surface area contributed by atoms with Gasteiger partial charge < -0.3 is 24.7 Å². The lowest BCUT2D eigenvalue weighted by molar-refractivity contribution is 0.0322. The zero-order chi connectivity index (χ0) is 17.1. The SMILES string of the molecule is CC(C)Oc1cc2c(OC[C@@H]3COCO3)ccnc2cc1C(N)=O. The van der Waals surface area contributed by atoms with Gasteiger partial charge in [-0.3, -0.25) is 9.78 Å². The first kappa shape index (κ1) is 16.5. The van der Waals surface area contributed by atoms with Gasteiger partial charge in [-0.15, -0.1) is 0 Å². The lowest BCUT2D eigenvalue weighted by atomic mass is 10.1. The fraction of sp³-hybridized carbons (Fsp3) is 0.412. The average molecular weight is 332 g/mol. The van der Waals surface area contributed by atoms with E-state index in [2.05, 4.69) is 4.98 Å². The largest absolute Gasteiger partial charge is 0.490 e. The van der Waals surface area contributed by atoms with Crippen LogP contribution in [0.25, 0.3) is 10.9 Å². The van der Waals surface area contributed by atoms with Crippen LogP contribution in [-0.4, -0.2) is 43.1 Å². The summed E-state index contributed by atoms with van der Waals surface area (Å²) in [5, 5.41) is 0.747. The van der Waals surface area contributed by atoms with E-state index < -0.39 is 5.91 Å². The van der Waals surface area contributed by atoms with Crippen LogP contribution in [-0.2, 0) is 9.47 Å². The number of aromatic nitrogens is 1. The monoisotopic (exact) mass is 332 g/mol. The summed E-state index contributed by atoms with van der Waals surface area (Å²) >= 11 is 0. The lowest BCUT2D eigenvalue weighted by Gasteiger charge is -2.16. The van der Waals surface area contributed by atoms with Crippen molar-refractivity contribution >= 4 is 16.8 Å². The predicted octanol–water partition coefficient (Wildman–Crippen LogP) is 1.87. The van der Waals surface area contributed by atoms with Crippen molar-refractivity contribution in [1.82, 2.24) is 4.98 Å². The highest BCUT2D eigenvalue weighted by Crippen LogP contribution is 2.31. The van der Waals surface area contributed by atoms with Gasteiger partial charge in [0.25, 0.3) is 5.91 Å². The maximum Gasteiger partial charge on any atom is 0.252 e. The first-order chi connectivity index (χ1) is 11.5. The number of ether oxygens (including phenoxy) is 4. The quantitative estimate of drug-likeness (QED) is 0.868. The van der Waals surface area contributed by atoms with Gasteiger partial charge in [0.1, 0.15) is 31.0 Å². The maximum atomic E-state index is 11.7. The number of amides is 1.